The molecule has 3 heterocycles. The monoisotopic (exact) mass is 323 g/mol. The summed E-state index contributed by atoms with van der Waals surface area (Å²) in [5.41, 5.74) is 0.274. The molecule has 0 fully saturated rings. The van der Waals surface area contributed by atoms with E-state index in [-0.39, 0.29) is 11.6 Å². The number of rotatable bonds is 2. The molecule has 0 saturated heterocycles. The number of furan rings is 1. The van der Waals surface area contributed by atoms with Crippen LogP contribution >= 0.6 is 27.3 Å². The number of esters is 1. The van der Waals surface area contributed by atoms with Crippen molar-refractivity contribution in [1.29, 1.82) is 0 Å². The highest BCUT2D eigenvalue weighted by molar-refractivity contribution is 9.11. The van der Waals surface area contributed by atoms with E-state index in [1.165, 1.54) is 17.6 Å². The SMILES string of the molecule is O=C1OC(c2ccco2)=NC1=Cc1ccc(Br)s1. The Morgan fingerprint density at radius 3 is 2.89 bits per heavy atom. The molecular formula is C12H6BrNO3S. The molecule has 0 saturated carbocycles. The molecule has 2 aromatic heterocycles. The van der Waals surface area contributed by atoms with E-state index in [9.17, 15) is 4.79 Å². The Bertz CT molecular complexity index is 655. The first kappa shape index (κ1) is 11.4. The zero-order valence-corrected chi connectivity index (χ0v) is 11.3. The van der Waals surface area contributed by atoms with Crippen molar-refractivity contribution in [3.05, 3.63) is 50.6 Å². The molecule has 0 aliphatic carbocycles. The minimum Gasteiger partial charge on any atom is -0.459 e. The molecule has 0 bridgehead atoms. The molecule has 0 radical (unpaired) electrons. The fourth-order valence-electron chi connectivity index (χ4n) is 1.46. The number of thiophene rings is 1. The average Bonchev–Trinajstić information content (AvgIpc) is 3.02. The van der Waals surface area contributed by atoms with Crippen LogP contribution in [0.3, 0.4) is 0 Å². The molecule has 18 heavy (non-hydrogen) atoms. The molecule has 0 aromatic carbocycles. The highest BCUT2D eigenvalue weighted by atomic mass is 79.9. The minimum absolute atomic E-state index is 0.201. The lowest BCUT2D eigenvalue weighted by molar-refractivity contribution is -0.130. The molecule has 90 valence electrons. The van der Waals surface area contributed by atoms with Crippen LogP contribution in [0.15, 0.2) is 49.4 Å². The molecule has 2 aromatic rings. The minimum atomic E-state index is -0.467. The van der Waals surface area contributed by atoms with Gasteiger partial charge in [-0.05, 0) is 46.3 Å². The van der Waals surface area contributed by atoms with Gasteiger partial charge in [-0.3, -0.25) is 0 Å². The topological polar surface area (TPSA) is 51.8 Å². The van der Waals surface area contributed by atoms with E-state index in [4.69, 9.17) is 9.15 Å². The van der Waals surface area contributed by atoms with Crippen LogP contribution in [-0.4, -0.2) is 11.9 Å². The van der Waals surface area contributed by atoms with Crippen molar-refractivity contribution >= 4 is 45.2 Å². The van der Waals surface area contributed by atoms with Crippen molar-refractivity contribution in [2.75, 3.05) is 0 Å². The van der Waals surface area contributed by atoms with Crippen molar-refractivity contribution in [1.82, 2.24) is 0 Å². The number of carbonyl (C=O) groups excluding carboxylic acids is 1. The van der Waals surface area contributed by atoms with Gasteiger partial charge in [0.25, 0.3) is 5.90 Å². The largest absolute Gasteiger partial charge is 0.459 e. The normalized spacial score (nSPS) is 17.1. The van der Waals surface area contributed by atoms with Crippen LogP contribution in [0.5, 0.6) is 0 Å². The summed E-state index contributed by atoms with van der Waals surface area (Å²) in [6.07, 6.45) is 3.19. The fourth-order valence-corrected chi connectivity index (χ4v) is 2.82. The lowest BCUT2D eigenvalue weighted by atomic mass is 10.3. The second-order valence-corrected chi connectivity index (χ2v) is 5.95. The number of halogens is 1. The van der Waals surface area contributed by atoms with Gasteiger partial charge in [-0.15, -0.1) is 11.3 Å². The van der Waals surface area contributed by atoms with Gasteiger partial charge in [0.05, 0.1) is 10.0 Å². The summed E-state index contributed by atoms with van der Waals surface area (Å²) < 4.78 is 11.2. The van der Waals surface area contributed by atoms with Crippen molar-refractivity contribution in [2.24, 2.45) is 4.99 Å². The van der Waals surface area contributed by atoms with E-state index in [1.807, 2.05) is 12.1 Å². The first-order valence-corrected chi connectivity index (χ1v) is 6.65. The lowest BCUT2D eigenvalue weighted by Crippen LogP contribution is -2.03. The van der Waals surface area contributed by atoms with Gasteiger partial charge < -0.3 is 9.15 Å². The standard InChI is InChI=1S/C12H6BrNO3S/c13-10-4-3-7(18-10)6-8-12(15)17-11(14-8)9-2-1-5-16-9/h1-6H. The summed E-state index contributed by atoms with van der Waals surface area (Å²) in [5.74, 6) is 0.178. The highest BCUT2D eigenvalue weighted by Gasteiger charge is 2.25. The first-order valence-electron chi connectivity index (χ1n) is 5.04. The molecule has 6 heteroatoms. The Balaban J connectivity index is 1.94. The molecule has 4 nitrogen and oxygen atoms in total. The van der Waals surface area contributed by atoms with Gasteiger partial charge in [0, 0.05) is 4.88 Å². The Kier molecular flexibility index (Phi) is 2.89. The first-order chi connectivity index (χ1) is 8.72. The van der Waals surface area contributed by atoms with Gasteiger partial charge in [-0.2, -0.15) is 0 Å². The molecule has 0 spiro atoms. The lowest BCUT2D eigenvalue weighted by Gasteiger charge is -1.91. The number of hydrogen-bond donors (Lipinski definition) is 0. The fraction of sp³-hybridized carbons (Fsp3) is 0. The third-order valence-corrected chi connectivity index (χ3v) is 3.80. The van der Waals surface area contributed by atoms with Gasteiger partial charge in [0.2, 0.25) is 0 Å². The van der Waals surface area contributed by atoms with E-state index in [0.29, 0.717) is 5.76 Å². The molecule has 0 unspecified atom stereocenters. The summed E-state index contributed by atoms with van der Waals surface area (Å²) in [4.78, 5) is 16.7. The van der Waals surface area contributed by atoms with E-state index >= 15 is 0 Å². The van der Waals surface area contributed by atoms with Crippen molar-refractivity contribution in [3.63, 3.8) is 0 Å². The van der Waals surface area contributed by atoms with E-state index in [1.54, 1.807) is 18.2 Å². The van der Waals surface area contributed by atoms with Gasteiger partial charge in [-0.1, -0.05) is 0 Å². The Morgan fingerprint density at radius 1 is 1.33 bits per heavy atom. The zero-order chi connectivity index (χ0) is 12.5. The van der Waals surface area contributed by atoms with Gasteiger partial charge in [0.15, 0.2) is 11.5 Å². The zero-order valence-electron chi connectivity index (χ0n) is 8.92. The predicted octanol–water partition coefficient (Wildman–Crippen LogP) is 3.45. The van der Waals surface area contributed by atoms with Crippen molar-refractivity contribution < 1.29 is 13.9 Å². The predicted molar refractivity (Wildman–Crippen MR) is 71.3 cm³/mol. The molecule has 0 N–H and O–H groups in total. The maximum absolute atomic E-state index is 11.6. The number of nitrogens with zero attached hydrogens (tertiary/aromatic N) is 1. The summed E-state index contributed by atoms with van der Waals surface area (Å²) in [7, 11) is 0. The van der Waals surface area contributed by atoms with Crippen LogP contribution in [0.4, 0.5) is 0 Å². The number of carbonyl (C=O) groups is 1. The van der Waals surface area contributed by atoms with E-state index in [0.717, 1.165) is 8.66 Å². The molecule has 3 rings (SSSR count). The Labute approximate surface area is 115 Å². The third kappa shape index (κ3) is 2.16. The van der Waals surface area contributed by atoms with Crippen LogP contribution < -0.4 is 0 Å². The van der Waals surface area contributed by atoms with Crippen molar-refractivity contribution in [2.45, 2.75) is 0 Å². The van der Waals surface area contributed by atoms with E-state index < -0.39 is 5.97 Å². The van der Waals surface area contributed by atoms with Crippen LogP contribution in [0, 0.1) is 0 Å². The van der Waals surface area contributed by atoms with Crippen LogP contribution in [-0.2, 0) is 9.53 Å². The molecule has 0 atom stereocenters. The van der Waals surface area contributed by atoms with Crippen LogP contribution in [0.25, 0.3) is 6.08 Å². The Morgan fingerprint density at radius 2 is 2.22 bits per heavy atom. The molecule has 1 aliphatic heterocycles. The second kappa shape index (κ2) is 4.55. The average molecular weight is 324 g/mol. The van der Waals surface area contributed by atoms with E-state index in [2.05, 4.69) is 20.9 Å². The molecule has 0 amide bonds. The van der Waals surface area contributed by atoms with Crippen molar-refractivity contribution in [3.8, 4) is 0 Å². The van der Waals surface area contributed by atoms with Crippen LogP contribution in [0.2, 0.25) is 0 Å². The number of cyclic esters (lactones) is 1. The van der Waals surface area contributed by atoms with Gasteiger partial charge >= 0.3 is 5.97 Å². The maximum Gasteiger partial charge on any atom is 0.363 e. The maximum atomic E-state index is 11.6. The van der Waals surface area contributed by atoms with Gasteiger partial charge in [0.1, 0.15) is 0 Å². The molecular weight excluding hydrogens is 318 g/mol. The third-order valence-electron chi connectivity index (χ3n) is 2.23. The second-order valence-electron chi connectivity index (χ2n) is 3.46. The van der Waals surface area contributed by atoms with Gasteiger partial charge in [-0.25, -0.2) is 9.79 Å². The molecule has 1 aliphatic rings. The summed E-state index contributed by atoms with van der Waals surface area (Å²) >= 11 is 4.88. The summed E-state index contributed by atoms with van der Waals surface area (Å²) in [6.45, 7) is 0. The smallest absolute Gasteiger partial charge is 0.363 e. The quantitative estimate of drug-likeness (QED) is 0.628. The highest BCUT2D eigenvalue weighted by Crippen LogP contribution is 2.26. The number of ether oxygens (including phenoxy) is 1. The number of aliphatic imine (C=N–C) groups is 1. The Hall–Kier alpha value is -1.66. The summed E-state index contributed by atoms with van der Waals surface area (Å²) in [5, 5.41) is 0. The van der Waals surface area contributed by atoms with Crippen LogP contribution in [0.1, 0.15) is 10.6 Å². The summed E-state index contributed by atoms with van der Waals surface area (Å²) in [6, 6.07) is 7.21. The number of hydrogen-bond acceptors (Lipinski definition) is 5.